The van der Waals surface area contributed by atoms with Gasteiger partial charge in [0, 0.05) is 28.6 Å². The van der Waals surface area contributed by atoms with Crippen molar-refractivity contribution >= 4 is 38.7 Å². The molecule has 0 saturated carbocycles. The maximum Gasteiger partial charge on any atom is 0.253 e. The zero-order chi connectivity index (χ0) is 20.4. The number of nitrogens with zero attached hydrogens (tertiary/aromatic N) is 1. The van der Waals surface area contributed by atoms with E-state index in [1.165, 1.54) is 0 Å². The van der Waals surface area contributed by atoms with Gasteiger partial charge < -0.3 is 4.90 Å². The molecule has 1 aliphatic heterocycles. The van der Waals surface area contributed by atoms with Gasteiger partial charge in [0.1, 0.15) is 0 Å². The first-order valence-corrected chi connectivity index (χ1v) is 12.3. The van der Waals surface area contributed by atoms with Crippen LogP contribution >= 0.6 is 22.9 Å². The molecule has 4 nitrogen and oxygen atoms in total. The third-order valence-electron chi connectivity index (χ3n) is 5.22. The number of rotatable bonds is 3. The third kappa shape index (κ3) is 4.25. The lowest BCUT2D eigenvalue weighted by atomic mass is 10.1. The summed E-state index contributed by atoms with van der Waals surface area (Å²) in [7, 11) is -3.40. The van der Waals surface area contributed by atoms with Crippen molar-refractivity contribution in [1.82, 2.24) is 4.90 Å². The van der Waals surface area contributed by atoms with Gasteiger partial charge in [0.2, 0.25) is 0 Å². The zero-order valence-electron chi connectivity index (χ0n) is 15.6. The van der Waals surface area contributed by atoms with Crippen LogP contribution in [-0.4, -0.2) is 38.1 Å². The molecule has 1 aliphatic rings. The molecule has 2 heterocycles. The number of hydrogen-bond acceptors (Lipinski definition) is 4. The average Bonchev–Trinajstić information content (AvgIpc) is 3.21. The van der Waals surface area contributed by atoms with Crippen LogP contribution in [0.5, 0.6) is 0 Å². The lowest BCUT2D eigenvalue weighted by Gasteiger charge is -2.20. The van der Waals surface area contributed by atoms with Crippen LogP contribution in [0.2, 0.25) is 5.02 Å². The Kier molecular flexibility index (Phi) is 5.76. The normalized spacial score (nSPS) is 18.9. The van der Waals surface area contributed by atoms with Crippen molar-refractivity contribution in [2.45, 2.75) is 11.7 Å². The summed E-state index contributed by atoms with van der Waals surface area (Å²) >= 11 is 7.89. The highest BCUT2D eigenvalue weighted by atomic mass is 35.5. The molecule has 150 valence electrons. The summed E-state index contributed by atoms with van der Waals surface area (Å²) in [6, 6.07) is 18.5. The molecule has 0 spiro atoms. The first kappa shape index (κ1) is 20.1. The van der Waals surface area contributed by atoms with Gasteiger partial charge in [-0.2, -0.15) is 0 Å². The minimum Gasteiger partial charge on any atom is -0.338 e. The Morgan fingerprint density at radius 1 is 1.00 bits per heavy atom. The standard InChI is InChI=1S/C22H20ClNO3S2/c23-19-5-2-1-4-18(19)21-11-12-24(13-15-29(21,26)27)22(25)17-9-7-16(8-10-17)20-6-3-14-28-20/h1-10,14,21H,11-13,15H2/t21-/m0/s1. The molecule has 4 rings (SSSR count). The van der Waals surface area contributed by atoms with Crippen molar-refractivity contribution in [3.05, 3.63) is 82.2 Å². The second-order valence-electron chi connectivity index (χ2n) is 7.01. The molecule has 0 N–H and O–H groups in total. The van der Waals surface area contributed by atoms with E-state index in [2.05, 4.69) is 0 Å². The van der Waals surface area contributed by atoms with Crippen LogP contribution in [0.3, 0.4) is 0 Å². The van der Waals surface area contributed by atoms with Crippen molar-refractivity contribution in [2.24, 2.45) is 0 Å². The van der Waals surface area contributed by atoms with Crippen LogP contribution in [0.1, 0.15) is 27.6 Å². The number of hydrogen-bond donors (Lipinski definition) is 0. The van der Waals surface area contributed by atoms with Crippen molar-refractivity contribution in [1.29, 1.82) is 0 Å². The van der Waals surface area contributed by atoms with Gasteiger partial charge >= 0.3 is 0 Å². The number of carbonyl (C=O) groups excluding carboxylic acids is 1. The van der Waals surface area contributed by atoms with Crippen molar-refractivity contribution in [2.75, 3.05) is 18.8 Å². The van der Waals surface area contributed by atoms with Crippen LogP contribution in [0.15, 0.2) is 66.0 Å². The first-order chi connectivity index (χ1) is 14.0. The lowest BCUT2D eigenvalue weighted by molar-refractivity contribution is 0.0766. The average molecular weight is 446 g/mol. The monoisotopic (exact) mass is 445 g/mol. The molecule has 1 atom stereocenters. The highest BCUT2D eigenvalue weighted by molar-refractivity contribution is 7.91. The molecular weight excluding hydrogens is 426 g/mol. The Bertz CT molecular complexity index is 1110. The molecule has 0 radical (unpaired) electrons. The van der Waals surface area contributed by atoms with E-state index in [9.17, 15) is 13.2 Å². The number of carbonyl (C=O) groups is 1. The van der Waals surface area contributed by atoms with Crippen LogP contribution < -0.4 is 0 Å². The molecule has 1 amide bonds. The molecule has 0 unspecified atom stereocenters. The van der Waals surface area contributed by atoms with Gasteiger partial charge in [0.15, 0.2) is 9.84 Å². The maximum absolute atomic E-state index is 13.0. The van der Waals surface area contributed by atoms with Crippen molar-refractivity contribution in [3.8, 4) is 10.4 Å². The zero-order valence-corrected chi connectivity index (χ0v) is 18.0. The van der Waals surface area contributed by atoms with Gasteiger partial charge in [-0.05, 0) is 47.2 Å². The van der Waals surface area contributed by atoms with Gasteiger partial charge in [-0.15, -0.1) is 11.3 Å². The maximum atomic E-state index is 13.0. The quantitative estimate of drug-likeness (QED) is 0.565. The number of sulfone groups is 1. The van der Waals surface area contributed by atoms with Gasteiger partial charge in [0.25, 0.3) is 5.91 Å². The minimum atomic E-state index is -3.40. The second kappa shape index (κ2) is 8.30. The molecule has 0 bridgehead atoms. The fraction of sp³-hybridized carbons (Fsp3) is 0.227. The van der Waals surface area contributed by atoms with Crippen LogP contribution in [0.4, 0.5) is 0 Å². The number of halogens is 1. The second-order valence-corrected chi connectivity index (χ2v) is 10.7. The predicted octanol–water partition coefficient (Wildman–Crippen LogP) is 5.07. The van der Waals surface area contributed by atoms with Gasteiger partial charge in [-0.1, -0.05) is 48.0 Å². The summed E-state index contributed by atoms with van der Waals surface area (Å²) in [6.45, 7) is 0.565. The summed E-state index contributed by atoms with van der Waals surface area (Å²) < 4.78 is 25.7. The van der Waals surface area contributed by atoms with Gasteiger partial charge in [-0.3, -0.25) is 4.79 Å². The van der Waals surface area contributed by atoms with E-state index in [0.29, 0.717) is 29.1 Å². The van der Waals surface area contributed by atoms with E-state index in [0.717, 1.165) is 10.4 Å². The van der Waals surface area contributed by atoms with Crippen LogP contribution in [-0.2, 0) is 9.84 Å². The minimum absolute atomic E-state index is 0.0676. The van der Waals surface area contributed by atoms with Gasteiger partial charge in [-0.25, -0.2) is 8.42 Å². The van der Waals surface area contributed by atoms with E-state index < -0.39 is 15.1 Å². The van der Waals surface area contributed by atoms with E-state index >= 15 is 0 Å². The predicted molar refractivity (Wildman–Crippen MR) is 118 cm³/mol. The van der Waals surface area contributed by atoms with E-state index in [-0.39, 0.29) is 18.2 Å². The Morgan fingerprint density at radius 2 is 1.76 bits per heavy atom. The molecule has 3 aromatic rings. The van der Waals surface area contributed by atoms with Gasteiger partial charge in [0.05, 0.1) is 11.0 Å². The first-order valence-electron chi connectivity index (χ1n) is 9.35. The molecule has 0 aliphatic carbocycles. The smallest absolute Gasteiger partial charge is 0.253 e. The third-order valence-corrected chi connectivity index (χ3v) is 8.59. The Balaban J connectivity index is 1.53. The fourth-order valence-electron chi connectivity index (χ4n) is 3.63. The van der Waals surface area contributed by atoms with Crippen molar-refractivity contribution in [3.63, 3.8) is 0 Å². The van der Waals surface area contributed by atoms with E-state index in [1.54, 1.807) is 40.5 Å². The summed E-state index contributed by atoms with van der Waals surface area (Å²) in [5.41, 5.74) is 2.25. The Morgan fingerprint density at radius 3 is 2.45 bits per heavy atom. The summed E-state index contributed by atoms with van der Waals surface area (Å²) in [4.78, 5) is 15.8. The number of benzene rings is 2. The van der Waals surface area contributed by atoms with E-state index in [1.807, 2.05) is 41.8 Å². The lowest BCUT2D eigenvalue weighted by Crippen LogP contribution is -2.33. The highest BCUT2D eigenvalue weighted by Gasteiger charge is 2.33. The molecule has 2 aromatic carbocycles. The topological polar surface area (TPSA) is 54.5 Å². The fourth-order valence-corrected chi connectivity index (χ4v) is 6.52. The largest absolute Gasteiger partial charge is 0.338 e. The molecule has 1 fully saturated rings. The van der Waals surface area contributed by atoms with E-state index in [4.69, 9.17) is 11.6 Å². The summed E-state index contributed by atoms with van der Waals surface area (Å²) in [6.07, 6.45) is 0.338. The van der Waals surface area contributed by atoms with Crippen molar-refractivity contribution < 1.29 is 13.2 Å². The Labute approximate surface area is 179 Å². The molecule has 1 aromatic heterocycles. The number of thiophene rings is 1. The Hall–Kier alpha value is -2.15. The summed E-state index contributed by atoms with van der Waals surface area (Å²) in [5, 5.41) is 1.78. The molecule has 29 heavy (non-hydrogen) atoms. The molecular formula is C22H20ClNO3S2. The van der Waals surface area contributed by atoms with Crippen LogP contribution in [0, 0.1) is 0 Å². The summed E-state index contributed by atoms with van der Waals surface area (Å²) in [5.74, 6) is -0.209. The molecule has 1 saturated heterocycles. The highest BCUT2D eigenvalue weighted by Crippen LogP contribution is 2.34. The number of amides is 1. The van der Waals surface area contributed by atoms with Crippen LogP contribution in [0.25, 0.3) is 10.4 Å². The SMILES string of the molecule is O=C(c1ccc(-c2cccs2)cc1)N1CC[C@@H](c2ccccc2Cl)S(=O)(=O)CC1. The molecule has 7 heteroatoms.